The van der Waals surface area contributed by atoms with Crippen molar-refractivity contribution in [3.8, 4) is 0 Å². The van der Waals surface area contributed by atoms with Gasteiger partial charge in [0.15, 0.2) is 0 Å². The molecule has 14 heavy (non-hydrogen) atoms. The summed E-state index contributed by atoms with van der Waals surface area (Å²) in [6.07, 6.45) is 10.1. The van der Waals surface area contributed by atoms with Crippen LogP contribution in [0.15, 0.2) is 0 Å². The Balaban J connectivity index is 2.47. The molecule has 0 atom stereocenters. The van der Waals surface area contributed by atoms with Gasteiger partial charge in [0.25, 0.3) is 0 Å². The predicted molar refractivity (Wildman–Crippen MR) is 63.5 cm³/mol. The van der Waals surface area contributed by atoms with E-state index in [1.807, 2.05) is 0 Å². The molecule has 1 aliphatic carbocycles. The van der Waals surface area contributed by atoms with Gasteiger partial charge in [-0.2, -0.15) is 0 Å². The Bertz CT molecular complexity index is 143. The van der Waals surface area contributed by atoms with Gasteiger partial charge in [0.05, 0.1) is 0 Å². The zero-order chi connectivity index (χ0) is 10.4. The number of hydrogen-bond donors (Lipinski definition) is 1. The normalized spacial score (nSPS) is 19.1. The second-order valence-electron chi connectivity index (χ2n) is 5.09. The van der Waals surface area contributed by atoms with E-state index < -0.39 is 0 Å². The van der Waals surface area contributed by atoms with E-state index in [4.69, 9.17) is 0 Å². The third kappa shape index (κ3) is 2.98. The van der Waals surface area contributed by atoms with E-state index in [1.165, 1.54) is 51.5 Å². The Morgan fingerprint density at radius 1 is 1.14 bits per heavy atom. The molecule has 84 valence electrons. The van der Waals surface area contributed by atoms with E-state index in [1.54, 1.807) is 0 Å². The lowest BCUT2D eigenvalue weighted by Crippen LogP contribution is -2.33. The fourth-order valence-corrected chi connectivity index (χ4v) is 3.06. The lowest BCUT2D eigenvalue weighted by Gasteiger charge is -2.34. The average molecular weight is 197 g/mol. The molecule has 0 aromatic rings. The van der Waals surface area contributed by atoms with E-state index in [-0.39, 0.29) is 0 Å². The summed E-state index contributed by atoms with van der Waals surface area (Å²) in [5.41, 5.74) is 0.587. The minimum Gasteiger partial charge on any atom is -0.319 e. The molecule has 0 heterocycles. The molecule has 0 saturated heterocycles. The zero-order valence-corrected chi connectivity index (χ0v) is 10.2. The van der Waals surface area contributed by atoms with Crippen molar-refractivity contribution in [3.63, 3.8) is 0 Å². The molecule has 1 fully saturated rings. The first-order valence-corrected chi connectivity index (χ1v) is 6.41. The molecule has 0 aromatic heterocycles. The largest absolute Gasteiger partial charge is 0.319 e. The van der Waals surface area contributed by atoms with Crippen molar-refractivity contribution in [2.24, 2.45) is 11.3 Å². The van der Waals surface area contributed by atoms with Crippen LogP contribution in [0.4, 0.5) is 0 Å². The first-order valence-electron chi connectivity index (χ1n) is 6.41. The van der Waals surface area contributed by atoms with Crippen molar-refractivity contribution >= 4 is 0 Å². The molecular weight excluding hydrogens is 170 g/mol. The highest BCUT2D eigenvalue weighted by Crippen LogP contribution is 2.39. The fraction of sp³-hybridized carbons (Fsp3) is 1.00. The third-order valence-electron chi connectivity index (χ3n) is 4.25. The maximum absolute atomic E-state index is 3.38. The van der Waals surface area contributed by atoms with Gasteiger partial charge >= 0.3 is 0 Å². The molecule has 0 radical (unpaired) electrons. The molecule has 0 bridgehead atoms. The first-order chi connectivity index (χ1) is 6.76. The highest BCUT2D eigenvalue weighted by molar-refractivity contribution is 4.83. The van der Waals surface area contributed by atoms with Crippen LogP contribution in [-0.4, -0.2) is 13.6 Å². The van der Waals surface area contributed by atoms with Gasteiger partial charge in [-0.1, -0.05) is 39.5 Å². The Hall–Kier alpha value is -0.0400. The van der Waals surface area contributed by atoms with Crippen LogP contribution in [0, 0.1) is 11.3 Å². The third-order valence-corrected chi connectivity index (χ3v) is 4.25. The maximum Gasteiger partial charge on any atom is 0.000470 e. The van der Waals surface area contributed by atoms with Crippen molar-refractivity contribution < 1.29 is 0 Å². The molecule has 0 spiro atoms. The molecule has 0 aromatic carbocycles. The molecule has 0 amide bonds. The van der Waals surface area contributed by atoms with E-state index >= 15 is 0 Å². The van der Waals surface area contributed by atoms with Crippen LogP contribution in [0.25, 0.3) is 0 Å². The van der Waals surface area contributed by atoms with Crippen LogP contribution < -0.4 is 5.32 Å². The minimum absolute atomic E-state index is 0.587. The SMILES string of the molecule is CCC(CC)(CNC)CC1CCCC1. The van der Waals surface area contributed by atoms with E-state index in [0.717, 1.165) is 5.92 Å². The Morgan fingerprint density at radius 3 is 2.14 bits per heavy atom. The number of rotatable bonds is 6. The second-order valence-corrected chi connectivity index (χ2v) is 5.09. The van der Waals surface area contributed by atoms with E-state index in [2.05, 4.69) is 26.2 Å². The minimum atomic E-state index is 0.587. The van der Waals surface area contributed by atoms with Gasteiger partial charge in [-0.3, -0.25) is 0 Å². The summed E-state index contributed by atoms with van der Waals surface area (Å²) in [5, 5.41) is 3.38. The summed E-state index contributed by atoms with van der Waals surface area (Å²) in [6, 6.07) is 0. The number of hydrogen-bond acceptors (Lipinski definition) is 1. The lowest BCUT2D eigenvalue weighted by atomic mass is 9.74. The molecule has 1 N–H and O–H groups in total. The van der Waals surface area contributed by atoms with E-state index in [0.29, 0.717) is 5.41 Å². The van der Waals surface area contributed by atoms with Crippen molar-refractivity contribution in [2.75, 3.05) is 13.6 Å². The summed E-state index contributed by atoms with van der Waals surface area (Å²) in [4.78, 5) is 0. The molecule has 1 saturated carbocycles. The highest BCUT2D eigenvalue weighted by Gasteiger charge is 2.30. The van der Waals surface area contributed by atoms with Crippen LogP contribution in [0.3, 0.4) is 0 Å². The van der Waals surface area contributed by atoms with Gasteiger partial charge < -0.3 is 5.32 Å². The van der Waals surface area contributed by atoms with Crippen LogP contribution in [0.5, 0.6) is 0 Å². The summed E-state index contributed by atoms with van der Waals surface area (Å²) in [6.45, 7) is 5.92. The molecular formula is C13H27N. The van der Waals surface area contributed by atoms with Gasteiger partial charge in [-0.15, -0.1) is 0 Å². The molecule has 1 nitrogen and oxygen atoms in total. The van der Waals surface area contributed by atoms with Crippen LogP contribution in [0.2, 0.25) is 0 Å². The molecule has 1 aliphatic rings. The Morgan fingerprint density at radius 2 is 1.71 bits per heavy atom. The monoisotopic (exact) mass is 197 g/mol. The fourth-order valence-electron chi connectivity index (χ4n) is 3.06. The average Bonchev–Trinajstić information content (AvgIpc) is 2.69. The van der Waals surface area contributed by atoms with E-state index in [9.17, 15) is 0 Å². The highest BCUT2D eigenvalue weighted by atomic mass is 14.8. The van der Waals surface area contributed by atoms with Crippen molar-refractivity contribution in [2.45, 2.75) is 58.8 Å². The molecule has 1 rings (SSSR count). The molecule has 1 heteroatoms. The standard InChI is InChI=1S/C13H27N/c1-4-13(5-2,11-14-3)10-12-8-6-7-9-12/h12,14H,4-11H2,1-3H3. The number of nitrogens with one attached hydrogen (secondary N) is 1. The molecule has 0 unspecified atom stereocenters. The smallest absolute Gasteiger partial charge is 0.000470 e. The quantitative estimate of drug-likeness (QED) is 0.686. The summed E-state index contributed by atoms with van der Waals surface area (Å²) in [7, 11) is 2.09. The summed E-state index contributed by atoms with van der Waals surface area (Å²) >= 11 is 0. The van der Waals surface area contributed by atoms with Crippen LogP contribution in [-0.2, 0) is 0 Å². The van der Waals surface area contributed by atoms with Gasteiger partial charge in [-0.05, 0) is 37.6 Å². The summed E-state index contributed by atoms with van der Waals surface area (Å²) < 4.78 is 0. The van der Waals surface area contributed by atoms with Gasteiger partial charge in [0, 0.05) is 6.54 Å². The van der Waals surface area contributed by atoms with Crippen molar-refractivity contribution in [1.29, 1.82) is 0 Å². The van der Waals surface area contributed by atoms with Gasteiger partial charge in [-0.25, -0.2) is 0 Å². The Labute approximate surface area is 89.7 Å². The topological polar surface area (TPSA) is 12.0 Å². The van der Waals surface area contributed by atoms with Gasteiger partial charge in [0.2, 0.25) is 0 Å². The first kappa shape index (κ1) is 12.0. The van der Waals surface area contributed by atoms with Crippen molar-refractivity contribution in [3.05, 3.63) is 0 Å². The second kappa shape index (κ2) is 5.75. The van der Waals surface area contributed by atoms with Crippen molar-refractivity contribution in [1.82, 2.24) is 5.32 Å². The molecule has 0 aliphatic heterocycles. The lowest BCUT2D eigenvalue weighted by molar-refractivity contribution is 0.192. The van der Waals surface area contributed by atoms with Gasteiger partial charge in [0.1, 0.15) is 0 Å². The Kier molecular flexibility index (Phi) is 4.94. The van der Waals surface area contributed by atoms with Crippen LogP contribution in [0.1, 0.15) is 58.8 Å². The zero-order valence-electron chi connectivity index (χ0n) is 10.2. The predicted octanol–water partition coefficient (Wildman–Crippen LogP) is 3.59. The summed E-state index contributed by atoms with van der Waals surface area (Å²) in [5.74, 6) is 1.03. The maximum atomic E-state index is 3.38. The van der Waals surface area contributed by atoms with Crippen LogP contribution >= 0.6 is 0 Å².